The fourth-order valence-corrected chi connectivity index (χ4v) is 8.33. The van der Waals surface area contributed by atoms with Crippen molar-refractivity contribution in [3.8, 4) is 5.75 Å². The Hall–Kier alpha value is -3.64. The number of imidazole rings is 1. The number of hydrogen-bond donors (Lipinski definition) is 0. The van der Waals surface area contributed by atoms with Gasteiger partial charge in [-0.05, 0) is 100 Å². The number of nitrogens with zero attached hydrogens (tertiary/aromatic N) is 4. The molecule has 3 aliphatic heterocycles. The van der Waals surface area contributed by atoms with Gasteiger partial charge in [-0.15, -0.1) is 0 Å². The van der Waals surface area contributed by atoms with Crippen LogP contribution in [0.3, 0.4) is 0 Å². The number of benzene rings is 3. The maximum absolute atomic E-state index is 13.3. The maximum atomic E-state index is 13.3. The zero-order valence-corrected chi connectivity index (χ0v) is 24.9. The molecule has 218 valence electrons. The first-order chi connectivity index (χ1) is 20.5. The summed E-state index contributed by atoms with van der Waals surface area (Å²) < 4.78 is 8.17. The van der Waals surface area contributed by atoms with Crippen molar-refractivity contribution in [1.82, 2.24) is 19.4 Å². The molecular formula is C36H42N4O2. The third kappa shape index (κ3) is 4.90. The Morgan fingerprint density at radius 3 is 2.36 bits per heavy atom. The molecule has 3 atom stereocenters. The Labute approximate surface area is 249 Å². The van der Waals surface area contributed by atoms with Gasteiger partial charge < -0.3 is 14.2 Å². The molecular weight excluding hydrogens is 520 g/mol. The zero-order valence-electron chi connectivity index (χ0n) is 24.9. The lowest BCUT2D eigenvalue weighted by molar-refractivity contribution is 0.0606. The minimum Gasteiger partial charge on any atom is -0.497 e. The summed E-state index contributed by atoms with van der Waals surface area (Å²) in [5.41, 5.74) is 4.57. The number of piperidine rings is 2. The summed E-state index contributed by atoms with van der Waals surface area (Å²) in [6.45, 7) is 4.84. The minimum atomic E-state index is 0.0371. The summed E-state index contributed by atoms with van der Waals surface area (Å²) in [5, 5.41) is 0. The van der Waals surface area contributed by atoms with Gasteiger partial charge in [0.2, 0.25) is 0 Å². The third-order valence-corrected chi connectivity index (χ3v) is 10.6. The van der Waals surface area contributed by atoms with Gasteiger partial charge in [-0.25, -0.2) is 4.98 Å². The highest BCUT2D eigenvalue weighted by Crippen LogP contribution is 2.45. The van der Waals surface area contributed by atoms with E-state index < -0.39 is 0 Å². The van der Waals surface area contributed by atoms with Crippen molar-refractivity contribution >= 4 is 16.9 Å². The van der Waals surface area contributed by atoms with E-state index in [0.717, 1.165) is 61.6 Å². The molecule has 1 unspecified atom stereocenters. The molecule has 0 radical (unpaired) electrons. The Bertz CT molecular complexity index is 1540. The molecule has 3 fully saturated rings. The first-order valence-corrected chi connectivity index (χ1v) is 15.7. The molecule has 2 bridgehead atoms. The van der Waals surface area contributed by atoms with E-state index >= 15 is 0 Å². The lowest BCUT2D eigenvalue weighted by Gasteiger charge is -2.45. The van der Waals surface area contributed by atoms with Gasteiger partial charge in [-0.2, -0.15) is 0 Å². The quantitative estimate of drug-likeness (QED) is 0.249. The summed E-state index contributed by atoms with van der Waals surface area (Å²) in [6.07, 6.45) is 8.04. The molecule has 1 amide bonds. The molecule has 7 rings (SSSR count). The standard InChI is InChI=1S/C36H42N4O2/c1-26-37-33-13-6-7-14-34(33)40(26)31-24-29-15-16-30(25-31)39(29)22-19-36(28-11-8-12-32(23-28)42-2)17-20-38(21-18-36)35(41)27-9-4-3-5-10-27/h3-14,23,29-31H,15-22,24-25H2,1-2H3/t29-,30+,31?. The van der Waals surface area contributed by atoms with Gasteiger partial charge in [-0.3, -0.25) is 9.69 Å². The number of rotatable bonds is 7. The first-order valence-electron chi connectivity index (χ1n) is 15.7. The number of fused-ring (bicyclic) bond motifs is 3. The summed E-state index contributed by atoms with van der Waals surface area (Å²) in [7, 11) is 1.75. The van der Waals surface area contributed by atoms with Gasteiger partial charge in [0, 0.05) is 42.2 Å². The second kappa shape index (κ2) is 11.2. The molecule has 0 aliphatic carbocycles. The number of carbonyl (C=O) groups excluding carboxylic acids is 1. The van der Waals surface area contributed by atoms with Crippen LogP contribution in [0.5, 0.6) is 5.75 Å². The highest BCUT2D eigenvalue weighted by molar-refractivity contribution is 5.94. The molecule has 4 aromatic rings. The summed E-state index contributed by atoms with van der Waals surface area (Å²) in [6, 6.07) is 28.8. The average molecular weight is 563 g/mol. The van der Waals surface area contributed by atoms with Crippen LogP contribution in [0.1, 0.15) is 72.7 Å². The van der Waals surface area contributed by atoms with Crippen LogP contribution in [0.25, 0.3) is 11.0 Å². The van der Waals surface area contributed by atoms with E-state index in [4.69, 9.17) is 9.72 Å². The monoisotopic (exact) mass is 562 g/mol. The fourth-order valence-electron chi connectivity index (χ4n) is 8.33. The van der Waals surface area contributed by atoms with Gasteiger partial charge in [0.25, 0.3) is 5.91 Å². The summed E-state index contributed by atoms with van der Waals surface area (Å²) in [5.74, 6) is 2.21. The summed E-state index contributed by atoms with van der Waals surface area (Å²) >= 11 is 0. The highest BCUT2D eigenvalue weighted by atomic mass is 16.5. The van der Waals surface area contributed by atoms with Crippen molar-refractivity contribution in [3.63, 3.8) is 0 Å². The van der Waals surface area contributed by atoms with Crippen molar-refractivity contribution in [1.29, 1.82) is 0 Å². The minimum absolute atomic E-state index is 0.0371. The second-order valence-corrected chi connectivity index (χ2v) is 12.7. The van der Waals surface area contributed by atoms with Gasteiger partial charge in [0.1, 0.15) is 11.6 Å². The third-order valence-electron chi connectivity index (χ3n) is 10.6. The van der Waals surface area contributed by atoms with Gasteiger partial charge in [0.05, 0.1) is 18.1 Å². The second-order valence-electron chi connectivity index (χ2n) is 12.7. The predicted molar refractivity (Wildman–Crippen MR) is 167 cm³/mol. The Balaban J connectivity index is 1.09. The van der Waals surface area contributed by atoms with Crippen LogP contribution in [0.4, 0.5) is 0 Å². The number of methoxy groups -OCH3 is 1. The number of aryl methyl sites for hydroxylation is 1. The molecule has 0 spiro atoms. The van der Waals surface area contributed by atoms with E-state index in [2.05, 4.69) is 63.8 Å². The largest absolute Gasteiger partial charge is 0.497 e. The number of carbonyl (C=O) groups is 1. The van der Waals surface area contributed by atoms with E-state index in [1.807, 2.05) is 36.4 Å². The Morgan fingerprint density at radius 1 is 0.905 bits per heavy atom. The molecule has 1 aromatic heterocycles. The summed E-state index contributed by atoms with van der Waals surface area (Å²) in [4.78, 5) is 23.1. The smallest absolute Gasteiger partial charge is 0.253 e. The van der Waals surface area contributed by atoms with Crippen molar-refractivity contribution < 1.29 is 9.53 Å². The van der Waals surface area contributed by atoms with Crippen LogP contribution >= 0.6 is 0 Å². The molecule has 6 heteroatoms. The van der Waals surface area contributed by atoms with Crippen LogP contribution in [0, 0.1) is 6.92 Å². The van der Waals surface area contributed by atoms with E-state index in [1.165, 1.54) is 36.8 Å². The van der Waals surface area contributed by atoms with Gasteiger partial charge in [-0.1, -0.05) is 42.5 Å². The SMILES string of the molecule is COc1cccc(C2(CCN3[C@@H]4CC[C@H]3CC(n3c(C)nc5ccccc53)C4)CCN(C(=O)c3ccccc3)CC2)c1. The Morgan fingerprint density at radius 2 is 1.62 bits per heavy atom. The number of para-hydroxylation sites is 2. The first kappa shape index (κ1) is 27.2. The fraction of sp³-hybridized carbons (Fsp3) is 0.444. The Kier molecular flexibility index (Phi) is 7.27. The van der Waals surface area contributed by atoms with Gasteiger partial charge in [0.15, 0.2) is 0 Å². The van der Waals surface area contributed by atoms with E-state index in [9.17, 15) is 4.79 Å². The lowest BCUT2D eigenvalue weighted by Crippen LogP contribution is -2.49. The van der Waals surface area contributed by atoms with Crippen LogP contribution in [0.2, 0.25) is 0 Å². The van der Waals surface area contributed by atoms with Gasteiger partial charge >= 0.3 is 0 Å². The zero-order chi connectivity index (χ0) is 28.7. The normalized spacial score (nSPS) is 23.8. The van der Waals surface area contributed by atoms with E-state index in [0.29, 0.717) is 18.1 Å². The molecule has 42 heavy (non-hydrogen) atoms. The van der Waals surface area contributed by atoms with Crippen LogP contribution in [0.15, 0.2) is 78.9 Å². The van der Waals surface area contributed by atoms with Crippen molar-refractivity contribution in [2.24, 2.45) is 0 Å². The highest BCUT2D eigenvalue weighted by Gasteiger charge is 2.44. The number of likely N-dealkylation sites (tertiary alicyclic amines) is 1. The molecule has 3 aliphatic rings. The van der Waals surface area contributed by atoms with Crippen molar-refractivity contribution in [3.05, 3.63) is 95.8 Å². The number of amides is 1. The molecule has 0 saturated carbocycles. The number of hydrogen-bond acceptors (Lipinski definition) is 4. The maximum Gasteiger partial charge on any atom is 0.253 e. The van der Waals surface area contributed by atoms with E-state index in [-0.39, 0.29) is 11.3 Å². The van der Waals surface area contributed by atoms with E-state index in [1.54, 1.807) is 7.11 Å². The molecule has 4 heterocycles. The topological polar surface area (TPSA) is 50.6 Å². The van der Waals surface area contributed by atoms with Crippen LogP contribution in [-0.4, -0.2) is 64.1 Å². The van der Waals surface area contributed by atoms with Crippen molar-refractivity contribution in [2.45, 2.75) is 75.4 Å². The number of aromatic nitrogens is 2. The molecule has 3 aromatic carbocycles. The van der Waals surface area contributed by atoms with Crippen LogP contribution < -0.4 is 4.74 Å². The molecule has 0 N–H and O–H groups in total. The molecule has 3 saturated heterocycles. The van der Waals surface area contributed by atoms with Crippen LogP contribution in [-0.2, 0) is 5.41 Å². The molecule has 6 nitrogen and oxygen atoms in total. The van der Waals surface area contributed by atoms with Crippen molar-refractivity contribution in [2.75, 3.05) is 26.7 Å². The average Bonchev–Trinajstić information content (AvgIpc) is 3.50. The predicted octanol–water partition coefficient (Wildman–Crippen LogP) is 6.79. The number of ether oxygens (including phenoxy) is 1. The lowest BCUT2D eigenvalue weighted by atomic mass is 9.70.